The molecule has 0 saturated carbocycles. The van der Waals surface area contributed by atoms with Crippen LogP contribution in [-0.4, -0.2) is 60.9 Å². The van der Waals surface area contributed by atoms with Gasteiger partial charge in [-0.2, -0.15) is 0 Å². The first-order valence-electron chi connectivity index (χ1n) is 20.7. The van der Waals surface area contributed by atoms with E-state index in [1.807, 2.05) is 0 Å². The summed E-state index contributed by atoms with van der Waals surface area (Å²) in [5.41, 5.74) is 0. The second kappa shape index (κ2) is 32.1. The molecule has 278 valence electrons. The van der Waals surface area contributed by atoms with Crippen LogP contribution in [0.1, 0.15) is 201 Å². The number of carbonyl (C=O) groups is 2. The van der Waals surface area contributed by atoms with Crippen LogP contribution in [0.5, 0.6) is 0 Å². The van der Waals surface area contributed by atoms with Crippen molar-refractivity contribution in [2.45, 2.75) is 207 Å². The number of nitrogens with zero attached hydrogens (tertiary/aromatic N) is 1. The van der Waals surface area contributed by atoms with Crippen LogP contribution in [0.25, 0.3) is 0 Å². The monoisotopic (exact) mass is 666 g/mol. The van der Waals surface area contributed by atoms with Crippen molar-refractivity contribution in [1.29, 1.82) is 0 Å². The first kappa shape index (κ1) is 43.9. The minimum absolute atomic E-state index is 0.00616. The second-order valence-corrected chi connectivity index (χ2v) is 14.8. The van der Waals surface area contributed by atoms with Gasteiger partial charge in [0.05, 0.1) is 6.61 Å². The average molecular weight is 666 g/mol. The average Bonchev–Trinajstić information content (AvgIpc) is 3.07. The van der Waals surface area contributed by atoms with Gasteiger partial charge < -0.3 is 19.5 Å². The summed E-state index contributed by atoms with van der Waals surface area (Å²) in [6, 6.07) is 0. The van der Waals surface area contributed by atoms with Crippen molar-refractivity contribution in [3.63, 3.8) is 0 Å². The van der Waals surface area contributed by atoms with Gasteiger partial charge in [0.15, 0.2) is 0 Å². The van der Waals surface area contributed by atoms with Crippen LogP contribution in [-0.2, 0) is 19.1 Å². The summed E-state index contributed by atoms with van der Waals surface area (Å²) in [6.45, 7) is 10.6. The molecule has 0 aromatic rings. The summed E-state index contributed by atoms with van der Waals surface area (Å²) in [5.74, 6) is 0.944. The Kier molecular flexibility index (Phi) is 30.0. The Morgan fingerprint density at radius 2 is 1.15 bits per heavy atom. The molecule has 1 N–H and O–H groups in total. The SMILES string of the molecule is CCCCCCCCCC(CCCCCCCCOC(=O)CC(CCCC)CCCCCC)OC(=O)CC1CCN(CCCO)CC1. The second-order valence-electron chi connectivity index (χ2n) is 14.8. The molecule has 0 bridgehead atoms. The fraction of sp³-hybridized carbons (Fsp3) is 0.951. The predicted molar refractivity (Wildman–Crippen MR) is 198 cm³/mol. The van der Waals surface area contributed by atoms with Crippen molar-refractivity contribution in [1.82, 2.24) is 4.90 Å². The number of piperidine rings is 1. The number of hydrogen-bond acceptors (Lipinski definition) is 6. The molecule has 0 amide bonds. The van der Waals surface area contributed by atoms with Gasteiger partial charge in [0.2, 0.25) is 0 Å². The molecule has 6 heteroatoms. The highest BCUT2D eigenvalue weighted by atomic mass is 16.5. The summed E-state index contributed by atoms with van der Waals surface area (Å²) in [4.78, 5) is 27.8. The maximum atomic E-state index is 12.9. The maximum Gasteiger partial charge on any atom is 0.306 e. The Hall–Kier alpha value is -1.14. The Bertz CT molecular complexity index is 708. The topological polar surface area (TPSA) is 76.1 Å². The Balaban J connectivity index is 2.27. The van der Waals surface area contributed by atoms with E-state index in [0.29, 0.717) is 31.3 Å². The summed E-state index contributed by atoms with van der Waals surface area (Å²) in [7, 11) is 0. The largest absolute Gasteiger partial charge is 0.466 e. The van der Waals surface area contributed by atoms with Gasteiger partial charge in [-0.25, -0.2) is 0 Å². The van der Waals surface area contributed by atoms with E-state index in [-0.39, 0.29) is 24.6 Å². The zero-order valence-corrected chi connectivity index (χ0v) is 31.6. The lowest BCUT2D eigenvalue weighted by atomic mass is 9.92. The van der Waals surface area contributed by atoms with Gasteiger partial charge in [-0.05, 0) is 89.1 Å². The van der Waals surface area contributed by atoms with Crippen molar-refractivity contribution in [2.75, 3.05) is 32.8 Å². The van der Waals surface area contributed by atoms with Crippen LogP contribution in [0, 0.1) is 11.8 Å². The lowest BCUT2D eigenvalue weighted by molar-refractivity contribution is -0.151. The first-order chi connectivity index (χ1) is 23.0. The quantitative estimate of drug-likeness (QED) is 0.0555. The molecule has 1 saturated heterocycles. The number of rotatable bonds is 33. The van der Waals surface area contributed by atoms with Crippen LogP contribution >= 0.6 is 0 Å². The van der Waals surface area contributed by atoms with Crippen molar-refractivity contribution in [2.24, 2.45) is 11.8 Å². The molecule has 0 spiro atoms. The van der Waals surface area contributed by atoms with E-state index in [2.05, 4.69) is 25.7 Å². The number of likely N-dealkylation sites (tertiary alicyclic amines) is 1. The molecule has 2 atom stereocenters. The molecular formula is C41H79NO5. The van der Waals surface area contributed by atoms with E-state index in [4.69, 9.17) is 14.6 Å². The van der Waals surface area contributed by atoms with Crippen molar-refractivity contribution in [3.05, 3.63) is 0 Å². The van der Waals surface area contributed by atoms with Crippen LogP contribution in [0.4, 0.5) is 0 Å². The number of esters is 2. The van der Waals surface area contributed by atoms with Gasteiger partial charge in [-0.3, -0.25) is 9.59 Å². The summed E-state index contributed by atoms with van der Waals surface area (Å²) >= 11 is 0. The van der Waals surface area contributed by atoms with Gasteiger partial charge in [0.25, 0.3) is 0 Å². The van der Waals surface area contributed by atoms with E-state index < -0.39 is 0 Å². The molecule has 6 nitrogen and oxygen atoms in total. The molecule has 1 rings (SSSR count). The van der Waals surface area contributed by atoms with Gasteiger partial charge in [0, 0.05) is 26.0 Å². The van der Waals surface area contributed by atoms with Gasteiger partial charge in [-0.15, -0.1) is 0 Å². The molecule has 0 aromatic carbocycles. The highest BCUT2D eigenvalue weighted by Crippen LogP contribution is 2.24. The number of unbranched alkanes of at least 4 members (excludes halogenated alkanes) is 15. The lowest BCUT2D eigenvalue weighted by Gasteiger charge is -2.31. The Morgan fingerprint density at radius 1 is 0.638 bits per heavy atom. The predicted octanol–water partition coefficient (Wildman–Crippen LogP) is 11.0. The minimum atomic E-state index is 0.00616. The van der Waals surface area contributed by atoms with Crippen molar-refractivity contribution >= 4 is 11.9 Å². The molecule has 0 aliphatic carbocycles. The fourth-order valence-corrected chi connectivity index (χ4v) is 7.13. The maximum absolute atomic E-state index is 12.9. The van der Waals surface area contributed by atoms with Crippen LogP contribution < -0.4 is 0 Å². The van der Waals surface area contributed by atoms with Crippen molar-refractivity contribution in [3.8, 4) is 0 Å². The van der Waals surface area contributed by atoms with Crippen molar-refractivity contribution < 1.29 is 24.2 Å². The molecule has 1 fully saturated rings. The number of carbonyl (C=O) groups excluding carboxylic acids is 2. The highest BCUT2D eigenvalue weighted by molar-refractivity contribution is 5.70. The fourth-order valence-electron chi connectivity index (χ4n) is 7.13. The molecule has 0 radical (unpaired) electrons. The standard InChI is InChI=1S/C41H79NO5/c1-4-7-10-12-13-16-20-26-39(47-41(45)36-38-28-31-42(32-29-38)30-23-33-43)27-21-17-14-15-18-22-34-46-40(44)35-37(24-9-6-3)25-19-11-8-5-2/h37-39,43H,4-36H2,1-3H3. The van der Waals surface area contributed by atoms with Crippen LogP contribution in [0.2, 0.25) is 0 Å². The molecule has 0 aromatic heterocycles. The summed E-state index contributed by atoms with van der Waals surface area (Å²) in [6.07, 6.45) is 31.7. The molecule has 1 aliphatic heterocycles. The third kappa shape index (κ3) is 26.4. The van der Waals surface area contributed by atoms with E-state index in [9.17, 15) is 9.59 Å². The van der Waals surface area contributed by atoms with Gasteiger partial charge in [0.1, 0.15) is 6.10 Å². The van der Waals surface area contributed by atoms with E-state index in [0.717, 1.165) is 83.8 Å². The molecule has 1 aliphatic rings. The van der Waals surface area contributed by atoms with Crippen LogP contribution in [0.3, 0.4) is 0 Å². The number of aliphatic hydroxyl groups excluding tert-OH is 1. The summed E-state index contributed by atoms with van der Waals surface area (Å²) in [5, 5.41) is 9.10. The molecule has 2 unspecified atom stereocenters. The lowest BCUT2D eigenvalue weighted by Crippen LogP contribution is -2.35. The van der Waals surface area contributed by atoms with Gasteiger partial charge >= 0.3 is 11.9 Å². The van der Waals surface area contributed by atoms with Gasteiger partial charge in [-0.1, -0.05) is 124 Å². The zero-order valence-electron chi connectivity index (χ0n) is 31.6. The molecule has 47 heavy (non-hydrogen) atoms. The molecular weight excluding hydrogens is 586 g/mol. The molecule has 1 heterocycles. The van der Waals surface area contributed by atoms with E-state index in [1.165, 1.54) is 103 Å². The Morgan fingerprint density at radius 3 is 1.74 bits per heavy atom. The first-order valence-corrected chi connectivity index (χ1v) is 20.7. The van der Waals surface area contributed by atoms with E-state index >= 15 is 0 Å². The third-order valence-corrected chi connectivity index (χ3v) is 10.3. The smallest absolute Gasteiger partial charge is 0.306 e. The normalized spacial score (nSPS) is 15.5. The highest BCUT2D eigenvalue weighted by Gasteiger charge is 2.23. The minimum Gasteiger partial charge on any atom is -0.466 e. The number of ether oxygens (including phenoxy) is 2. The van der Waals surface area contributed by atoms with Crippen LogP contribution in [0.15, 0.2) is 0 Å². The summed E-state index contributed by atoms with van der Waals surface area (Å²) < 4.78 is 11.7. The number of aliphatic hydroxyl groups is 1. The van der Waals surface area contributed by atoms with E-state index in [1.54, 1.807) is 0 Å². The Labute approximate surface area is 291 Å². The zero-order chi connectivity index (χ0) is 34.2. The third-order valence-electron chi connectivity index (χ3n) is 10.3. The number of hydrogen-bond donors (Lipinski definition) is 1.